The van der Waals surface area contributed by atoms with Gasteiger partial charge in [-0.05, 0) is 17.3 Å². The van der Waals surface area contributed by atoms with Crippen LogP contribution < -0.4 is 0 Å². The van der Waals surface area contributed by atoms with E-state index < -0.39 is 0 Å². The molecule has 1 rings (SSSR count). The molecule has 0 saturated carbocycles. The van der Waals surface area contributed by atoms with Crippen molar-refractivity contribution in [2.75, 3.05) is 0 Å². The summed E-state index contributed by atoms with van der Waals surface area (Å²) in [7, 11) is 0. The van der Waals surface area contributed by atoms with Crippen LogP contribution in [0.25, 0.3) is 0 Å². The Bertz CT molecular complexity index is 248. The maximum absolute atomic E-state index is 11.9. The predicted molar refractivity (Wildman–Crippen MR) is 60.0 cm³/mol. The summed E-state index contributed by atoms with van der Waals surface area (Å²) in [6, 6.07) is 0. The van der Waals surface area contributed by atoms with E-state index in [1.165, 1.54) is 0 Å². The van der Waals surface area contributed by atoms with Crippen molar-refractivity contribution in [2.45, 2.75) is 41.0 Å². The van der Waals surface area contributed by atoms with E-state index in [0.29, 0.717) is 24.0 Å². The topological polar surface area (TPSA) is 17.1 Å². The highest BCUT2D eigenvalue weighted by Crippen LogP contribution is 2.34. The van der Waals surface area contributed by atoms with E-state index in [4.69, 9.17) is 0 Å². The van der Waals surface area contributed by atoms with Crippen molar-refractivity contribution in [1.82, 2.24) is 0 Å². The lowest BCUT2D eigenvalue weighted by molar-refractivity contribution is -0.124. The first-order valence-electron chi connectivity index (χ1n) is 5.55. The number of rotatable bonds is 1. The van der Waals surface area contributed by atoms with Gasteiger partial charge < -0.3 is 0 Å². The van der Waals surface area contributed by atoms with E-state index in [-0.39, 0.29) is 11.3 Å². The molecule has 2 unspecified atom stereocenters. The zero-order valence-electron chi connectivity index (χ0n) is 10.0. The average molecular weight is 194 g/mol. The summed E-state index contributed by atoms with van der Waals surface area (Å²) in [4.78, 5) is 11.9. The van der Waals surface area contributed by atoms with Gasteiger partial charge in [0, 0.05) is 12.3 Å². The van der Waals surface area contributed by atoms with E-state index in [1.807, 2.05) is 0 Å². The molecule has 0 spiro atoms. The molecule has 0 aliphatic heterocycles. The first-order valence-corrected chi connectivity index (χ1v) is 5.55. The summed E-state index contributed by atoms with van der Waals surface area (Å²) < 4.78 is 0. The lowest BCUT2D eigenvalue weighted by atomic mass is 9.81. The van der Waals surface area contributed by atoms with Gasteiger partial charge in [-0.15, -0.1) is 0 Å². The standard InChI is InChI=1S/C13H22O/c1-9(2)11-6-7-13(4,5)8-12(14)10(11)3/h6-7,9-11H,8H2,1-5H3. The summed E-state index contributed by atoms with van der Waals surface area (Å²) in [6.07, 6.45) is 5.16. The van der Waals surface area contributed by atoms with Crippen molar-refractivity contribution in [1.29, 1.82) is 0 Å². The molecular weight excluding hydrogens is 172 g/mol. The van der Waals surface area contributed by atoms with E-state index in [9.17, 15) is 4.79 Å². The van der Waals surface area contributed by atoms with Crippen LogP contribution in [0.15, 0.2) is 12.2 Å². The molecule has 1 aliphatic rings. The van der Waals surface area contributed by atoms with E-state index >= 15 is 0 Å². The Morgan fingerprint density at radius 2 is 2.00 bits per heavy atom. The number of hydrogen-bond acceptors (Lipinski definition) is 1. The molecule has 0 radical (unpaired) electrons. The van der Waals surface area contributed by atoms with Gasteiger partial charge in [0.1, 0.15) is 5.78 Å². The third-order valence-corrected chi connectivity index (χ3v) is 3.25. The van der Waals surface area contributed by atoms with Gasteiger partial charge in [-0.1, -0.05) is 46.8 Å². The Morgan fingerprint density at radius 1 is 1.43 bits per heavy atom. The number of hydrogen-bond donors (Lipinski definition) is 0. The Morgan fingerprint density at radius 3 is 2.50 bits per heavy atom. The Balaban J connectivity index is 2.93. The maximum Gasteiger partial charge on any atom is 0.137 e. The van der Waals surface area contributed by atoms with Gasteiger partial charge in [0.2, 0.25) is 0 Å². The molecular formula is C13H22O. The second-order valence-electron chi connectivity index (χ2n) is 5.60. The molecule has 80 valence electrons. The third kappa shape index (κ3) is 2.46. The zero-order chi connectivity index (χ0) is 10.9. The molecule has 0 aromatic heterocycles. The minimum Gasteiger partial charge on any atom is -0.299 e. The van der Waals surface area contributed by atoms with Crippen molar-refractivity contribution in [3.8, 4) is 0 Å². The van der Waals surface area contributed by atoms with Crippen LogP contribution in [0.5, 0.6) is 0 Å². The number of Topliss-reactive ketones (excluding diaryl/α,β-unsaturated/α-hetero) is 1. The highest BCUT2D eigenvalue weighted by atomic mass is 16.1. The highest BCUT2D eigenvalue weighted by molar-refractivity contribution is 5.82. The summed E-state index contributed by atoms with van der Waals surface area (Å²) in [5.74, 6) is 1.58. The monoisotopic (exact) mass is 194 g/mol. The fourth-order valence-electron chi connectivity index (χ4n) is 2.22. The first-order chi connectivity index (χ1) is 6.33. The second-order valence-corrected chi connectivity index (χ2v) is 5.60. The molecule has 0 heterocycles. The second kappa shape index (κ2) is 3.88. The molecule has 1 nitrogen and oxygen atoms in total. The number of ketones is 1. The number of allylic oxidation sites excluding steroid dienone is 2. The van der Waals surface area contributed by atoms with Gasteiger partial charge in [-0.2, -0.15) is 0 Å². The lowest BCUT2D eigenvalue weighted by Crippen LogP contribution is -2.24. The van der Waals surface area contributed by atoms with Gasteiger partial charge >= 0.3 is 0 Å². The van der Waals surface area contributed by atoms with Crippen LogP contribution in [0.4, 0.5) is 0 Å². The molecule has 1 heteroatoms. The molecule has 0 N–H and O–H groups in total. The van der Waals surface area contributed by atoms with Gasteiger partial charge in [0.05, 0.1) is 0 Å². The van der Waals surface area contributed by atoms with Crippen LogP contribution in [-0.4, -0.2) is 5.78 Å². The largest absolute Gasteiger partial charge is 0.299 e. The molecule has 0 bridgehead atoms. The summed E-state index contributed by atoms with van der Waals surface area (Å²) >= 11 is 0. The molecule has 14 heavy (non-hydrogen) atoms. The van der Waals surface area contributed by atoms with Crippen LogP contribution in [0.3, 0.4) is 0 Å². The molecule has 1 aliphatic carbocycles. The predicted octanol–water partition coefficient (Wildman–Crippen LogP) is 3.45. The van der Waals surface area contributed by atoms with E-state index in [2.05, 4.69) is 46.8 Å². The highest BCUT2D eigenvalue weighted by Gasteiger charge is 2.31. The minimum atomic E-state index is 0.0506. The van der Waals surface area contributed by atoms with Crippen molar-refractivity contribution in [2.24, 2.45) is 23.2 Å². The molecule has 0 amide bonds. The molecule has 0 aromatic carbocycles. The van der Waals surface area contributed by atoms with Crippen molar-refractivity contribution >= 4 is 5.78 Å². The molecule has 0 fully saturated rings. The summed E-state index contributed by atoms with van der Waals surface area (Å²) in [5.41, 5.74) is 0.0506. The Labute approximate surface area is 87.6 Å². The van der Waals surface area contributed by atoms with Gasteiger partial charge in [0.25, 0.3) is 0 Å². The van der Waals surface area contributed by atoms with Crippen LogP contribution in [-0.2, 0) is 4.79 Å². The fraction of sp³-hybridized carbons (Fsp3) is 0.769. The van der Waals surface area contributed by atoms with Gasteiger partial charge in [-0.25, -0.2) is 0 Å². The first kappa shape index (κ1) is 11.5. The van der Waals surface area contributed by atoms with Crippen molar-refractivity contribution in [3.05, 3.63) is 12.2 Å². The smallest absolute Gasteiger partial charge is 0.137 e. The Hall–Kier alpha value is -0.590. The Kier molecular flexibility index (Phi) is 3.18. The normalized spacial score (nSPS) is 32.0. The SMILES string of the molecule is CC(C)C1C=CC(C)(C)CC(=O)C1C. The average Bonchev–Trinajstić information content (AvgIpc) is 2.10. The maximum atomic E-state index is 11.9. The minimum absolute atomic E-state index is 0.0506. The lowest BCUT2D eigenvalue weighted by Gasteiger charge is -2.22. The summed E-state index contributed by atoms with van der Waals surface area (Å²) in [5, 5.41) is 0. The van der Waals surface area contributed by atoms with Crippen LogP contribution >= 0.6 is 0 Å². The van der Waals surface area contributed by atoms with Crippen molar-refractivity contribution < 1.29 is 4.79 Å². The van der Waals surface area contributed by atoms with Crippen molar-refractivity contribution in [3.63, 3.8) is 0 Å². The van der Waals surface area contributed by atoms with Gasteiger partial charge in [0.15, 0.2) is 0 Å². The third-order valence-electron chi connectivity index (χ3n) is 3.25. The zero-order valence-corrected chi connectivity index (χ0v) is 10.0. The van der Waals surface area contributed by atoms with E-state index in [1.54, 1.807) is 0 Å². The molecule has 0 aromatic rings. The number of carbonyl (C=O) groups is 1. The quantitative estimate of drug-likeness (QED) is 0.584. The van der Waals surface area contributed by atoms with Crippen LogP contribution in [0.2, 0.25) is 0 Å². The van der Waals surface area contributed by atoms with E-state index in [0.717, 1.165) is 0 Å². The molecule has 2 atom stereocenters. The van der Waals surface area contributed by atoms with Gasteiger partial charge in [-0.3, -0.25) is 4.79 Å². The van der Waals surface area contributed by atoms with Crippen LogP contribution in [0, 0.1) is 23.2 Å². The summed E-state index contributed by atoms with van der Waals surface area (Å²) in [6.45, 7) is 10.7. The fourth-order valence-corrected chi connectivity index (χ4v) is 2.22. The molecule has 0 saturated heterocycles. The number of carbonyl (C=O) groups excluding carboxylic acids is 1. The van der Waals surface area contributed by atoms with Crippen LogP contribution in [0.1, 0.15) is 41.0 Å².